The largest absolute Gasteiger partial charge is 0.456 e. The molecule has 2 heteroatoms. The summed E-state index contributed by atoms with van der Waals surface area (Å²) in [4.78, 5) is 0. The highest BCUT2D eigenvalue weighted by atomic mass is 16.3. The summed E-state index contributed by atoms with van der Waals surface area (Å²) in [6.07, 6.45) is 15.8. The summed E-state index contributed by atoms with van der Waals surface area (Å²) in [6, 6.07) is 35.3. The fourth-order valence-electron chi connectivity index (χ4n) is 7.30. The normalized spacial score (nSPS) is 13.1. The van der Waals surface area contributed by atoms with Crippen molar-refractivity contribution in [3.8, 4) is 22.3 Å². The molecular formula is C44H30O2. The lowest BCUT2D eigenvalue weighted by molar-refractivity contribution is 0.602. The maximum atomic E-state index is 6.39. The first-order chi connectivity index (χ1) is 22.7. The van der Waals surface area contributed by atoms with Crippen LogP contribution >= 0.6 is 0 Å². The minimum atomic E-state index is 0.769. The average molecular weight is 591 g/mol. The first kappa shape index (κ1) is 26.5. The fourth-order valence-corrected chi connectivity index (χ4v) is 7.30. The van der Waals surface area contributed by atoms with E-state index in [0.717, 1.165) is 56.2 Å². The zero-order valence-electron chi connectivity index (χ0n) is 25.5. The van der Waals surface area contributed by atoms with Crippen molar-refractivity contribution in [1.82, 2.24) is 0 Å². The van der Waals surface area contributed by atoms with E-state index in [9.17, 15) is 0 Å². The highest BCUT2D eigenvalue weighted by Crippen LogP contribution is 2.45. The van der Waals surface area contributed by atoms with Gasteiger partial charge in [0.25, 0.3) is 0 Å². The molecule has 9 rings (SSSR count). The monoisotopic (exact) mass is 590 g/mol. The number of allylic oxidation sites excluding steroid dienone is 3. The third-order valence-electron chi connectivity index (χ3n) is 9.33. The lowest BCUT2D eigenvalue weighted by Crippen LogP contribution is -1.91. The van der Waals surface area contributed by atoms with Crippen LogP contribution in [0.4, 0.5) is 0 Å². The molecule has 2 nitrogen and oxygen atoms in total. The molecule has 0 amide bonds. The van der Waals surface area contributed by atoms with Crippen LogP contribution in [0, 0.1) is 0 Å². The zero-order valence-corrected chi connectivity index (χ0v) is 25.5. The molecule has 0 N–H and O–H groups in total. The molecule has 0 radical (unpaired) electrons. The van der Waals surface area contributed by atoms with Crippen LogP contribution in [0.2, 0.25) is 0 Å². The van der Waals surface area contributed by atoms with E-state index in [-0.39, 0.29) is 0 Å². The molecule has 2 aromatic heterocycles. The molecule has 0 atom stereocenters. The Kier molecular flexibility index (Phi) is 5.97. The summed E-state index contributed by atoms with van der Waals surface area (Å²) in [5.74, 6) is 0.769. The lowest BCUT2D eigenvalue weighted by atomic mass is 9.85. The molecule has 0 saturated carbocycles. The molecule has 6 aromatic carbocycles. The van der Waals surface area contributed by atoms with Crippen molar-refractivity contribution >= 4 is 78.8 Å². The average Bonchev–Trinajstić information content (AvgIpc) is 3.51. The van der Waals surface area contributed by atoms with Crippen molar-refractivity contribution < 1.29 is 8.83 Å². The van der Waals surface area contributed by atoms with E-state index < -0.39 is 0 Å². The number of rotatable bonds is 4. The van der Waals surface area contributed by atoms with Crippen LogP contribution in [0.3, 0.4) is 0 Å². The van der Waals surface area contributed by atoms with E-state index in [1.807, 2.05) is 19.1 Å². The molecule has 46 heavy (non-hydrogen) atoms. The predicted molar refractivity (Wildman–Crippen MR) is 197 cm³/mol. The number of hydrogen-bond donors (Lipinski definition) is 0. The van der Waals surface area contributed by atoms with Crippen molar-refractivity contribution in [2.45, 2.75) is 13.3 Å². The highest BCUT2D eigenvalue weighted by Gasteiger charge is 2.19. The molecule has 0 unspecified atom stereocenters. The third-order valence-corrected chi connectivity index (χ3v) is 9.33. The number of furan rings is 2. The Labute approximate surface area is 266 Å². The van der Waals surface area contributed by atoms with Crippen LogP contribution in [-0.2, 0) is 0 Å². The second kappa shape index (κ2) is 10.4. The van der Waals surface area contributed by atoms with Gasteiger partial charge in [-0.05, 0) is 98.6 Å². The zero-order chi connectivity index (χ0) is 30.8. The maximum Gasteiger partial charge on any atom is 0.139 e. The Morgan fingerprint density at radius 1 is 0.565 bits per heavy atom. The fraction of sp³-hybridized carbons (Fsp3) is 0.0455. The maximum absolute atomic E-state index is 6.39. The Balaban J connectivity index is 1.32. The summed E-state index contributed by atoms with van der Waals surface area (Å²) < 4.78 is 12.5. The Morgan fingerprint density at radius 3 is 1.85 bits per heavy atom. The van der Waals surface area contributed by atoms with Gasteiger partial charge in [0.15, 0.2) is 0 Å². The van der Waals surface area contributed by atoms with E-state index >= 15 is 0 Å². The van der Waals surface area contributed by atoms with Crippen molar-refractivity contribution in [1.29, 1.82) is 0 Å². The molecule has 218 valence electrons. The van der Waals surface area contributed by atoms with E-state index in [1.165, 1.54) is 49.4 Å². The van der Waals surface area contributed by atoms with Gasteiger partial charge in [-0.1, -0.05) is 110 Å². The lowest BCUT2D eigenvalue weighted by Gasteiger charge is -2.18. The molecular weight excluding hydrogens is 560 g/mol. The van der Waals surface area contributed by atoms with E-state index in [0.29, 0.717) is 0 Å². The van der Waals surface area contributed by atoms with Crippen LogP contribution < -0.4 is 0 Å². The number of fused-ring (bicyclic) bond motifs is 7. The molecule has 0 fully saturated rings. The molecule has 1 aliphatic rings. The topological polar surface area (TPSA) is 26.3 Å². The second-order valence-electron chi connectivity index (χ2n) is 12.0. The van der Waals surface area contributed by atoms with Gasteiger partial charge in [0.1, 0.15) is 22.5 Å². The van der Waals surface area contributed by atoms with Gasteiger partial charge in [0, 0.05) is 27.8 Å². The minimum Gasteiger partial charge on any atom is -0.456 e. The molecule has 0 aliphatic heterocycles. The van der Waals surface area contributed by atoms with Gasteiger partial charge < -0.3 is 8.83 Å². The van der Waals surface area contributed by atoms with Crippen LogP contribution in [0.25, 0.3) is 101 Å². The Morgan fingerprint density at radius 2 is 1.17 bits per heavy atom. The Hall–Kier alpha value is -5.86. The second-order valence-corrected chi connectivity index (χ2v) is 12.0. The van der Waals surface area contributed by atoms with Gasteiger partial charge >= 0.3 is 0 Å². The standard InChI is InChI=1S/C44H30O2/c1-3-12-31-37-25-38-36-24-30(21-22-40(36)46-42(38)26-41(37)45-39(31)4-2)44-34-17-10-8-15-32(34)43(33-16-9-11-18-35(33)44)29-20-19-27-13-6-5-7-14-28(27)23-29/h3-4,6-26H,2,5H2,1H3/b12-3-. The molecule has 2 heterocycles. The van der Waals surface area contributed by atoms with E-state index in [2.05, 4.69) is 128 Å². The van der Waals surface area contributed by atoms with Gasteiger partial charge in [0.05, 0.1) is 0 Å². The number of benzene rings is 6. The van der Waals surface area contributed by atoms with Crippen LogP contribution in [0.1, 0.15) is 35.8 Å². The summed E-state index contributed by atoms with van der Waals surface area (Å²) in [7, 11) is 0. The van der Waals surface area contributed by atoms with Crippen LogP contribution in [-0.4, -0.2) is 0 Å². The van der Waals surface area contributed by atoms with Gasteiger partial charge in [-0.15, -0.1) is 0 Å². The smallest absolute Gasteiger partial charge is 0.139 e. The van der Waals surface area contributed by atoms with Gasteiger partial charge in [-0.3, -0.25) is 0 Å². The molecule has 0 bridgehead atoms. The summed E-state index contributed by atoms with van der Waals surface area (Å²) in [6.45, 7) is 5.98. The van der Waals surface area contributed by atoms with Gasteiger partial charge in [0.2, 0.25) is 0 Å². The summed E-state index contributed by atoms with van der Waals surface area (Å²) >= 11 is 0. The quantitative estimate of drug-likeness (QED) is 0.191. The Bertz CT molecular complexity index is 2580. The van der Waals surface area contributed by atoms with Gasteiger partial charge in [-0.2, -0.15) is 0 Å². The SMILES string of the molecule is C=Cc1oc2cc3oc4ccc(-c5c6ccccc6c(-c6ccc7c(c6)C=CCC=C7)c6ccccc56)cc4c3cc2c1/C=C\C. The van der Waals surface area contributed by atoms with Crippen molar-refractivity contribution in [3.05, 3.63) is 144 Å². The molecule has 0 saturated heterocycles. The molecule has 0 spiro atoms. The number of hydrogen-bond acceptors (Lipinski definition) is 2. The predicted octanol–water partition coefficient (Wildman–Crippen LogP) is 13.1. The van der Waals surface area contributed by atoms with Crippen LogP contribution in [0.15, 0.2) is 131 Å². The third kappa shape index (κ3) is 3.97. The summed E-state index contributed by atoms with van der Waals surface area (Å²) in [5, 5.41) is 8.17. The van der Waals surface area contributed by atoms with Crippen molar-refractivity contribution in [3.63, 3.8) is 0 Å². The minimum absolute atomic E-state index is 0.769. The van der Waals surface area contributed by atoms with E-state index in [1.54, 1.807) is 6.08 Å². The van der Waals surface area contributed by atoms with Crippen LogP contribution in [0.5, 0.6) is 0 Å². The molecule has 1 aliphatic carbocycles. The first-order valence-corrected chi connectivity index (χ1v) is 15.8. The molecule has 8 aromatic rings. The van der Waals surface area contributed by atoms with Crippen molar-refractivity contribution in [2.75, 3.05) is 0 Å². The van der Waals surface area contributed by atoms with E-state index in [4.69, 9.17) is 8.83 Å². The summed E-state index contributed by atoms with van der Waals surface area (Å²) in [5.41, 5.74) is 10.9. The van der Waals surface area contributed by atoms with Gasteiger partial charge in [-0.25, -0.2) is 0 Å². The first-order valence-electron chi connectivity index (χ1n) is 15.8. The highest BCUT2D eigenvalue weighted by molar-refractivity contribution is 6.22. The van der Waals surface area contributed by atoms with Crippen molar-refractivity contribution in [2.24, 2.45) is 0 Å².